The van der Waals surface area contributed by atoms with Gasteiger partial charge in [-0.15, -0.1) is 0 Å². The number of aliphatic hydroxyl groups excluding tert-OH is 1. The molecule has 0 radical (unpaired) electrons. The molecule has 120 valence electrons. The van der Waals surface area contributed by atoms with Crippen molar-refractivity contribution < 1.29 is 5.11 Å². The zero-order valence-corrected chi connectivity index (χ0v) is 13.7. The lowest BCUT2D eigenvalue weighted by atomic mass is 10.0. The topological polar surface area (TPSA) is 41.3 Å². The lowest BCUT2D eigenvalue weighted by Crippen LogP contribution is -2.26. The fourth-order valence-electron chi connectivity index (χ4n) is 3.11. The predicted molar refractivity (Wildman–Crippen MR) is 93.1 cm³/mol. The summed E-state index contributed by atoms with van der Waals surface area (Å²) < 4.78 is 2.15. The van der Waals surface area contributed by atoms with Crippen molar-refractivity contribution in [2.75, 3.05) is 13.7 Å². The second-order valence-corrected chi connectivity index (χ2v) is 5.93. The minimum Gasteiger partial charge on any atom is -0.396 e. The molecule has 23 heavy (non-hydrogen) atoms. The molecule has 1 aromatic heterocycles. The molecule has 0 aliphatic heterocycles. The van der Waals surface area contributed by atoms with E-state index in [0.717, 1.165) is 23.4 Å². The number of aryl methyl sites for hydroxylation is 1. The summed E-state index contributed by atoms with van der Waals surface area (Å²) >= 11 is 0. The van der Waals surface area contributed by atoms with Crippen molar-refractivity contribution in [1.82, 2.24) is 14.5 Å². The van der Waals surface area contributed by atoms with Gasteiger partial charge in [-0.3, -0.25) is 4.90 Å². The SMILES string of the molecule is CN(Cc1nc2ccccc2n1C)[C@@H](CCO)c1ccccc1. The van der Waals surface area contributed by atoms with Crippen LogP contribution in [0.15, 0.2) is 54.6 Å². The second kappa shape index (κ2) is 6.94. The van der Waals surface area contributed by atoms with Gasteiger partial charge in [-0.25, -0.2) is 4.98 Å². The van der Waals surface area contributed by atoms with Gasteiger partial charge in [0.05, 0.1) is 17.6 Å². The quantitative estimate of drug-likeness (QED) is 0.760. The molecule has 1 N–H and O–H groups in total. The number of rotatable bonds is 6. The Morgan fingerprint density at radius 3 is 2.48 bits per heavy atom. The normalized spacial score (nSPS) is 12.9. The fourth-order valence-corrected chi connectivity index (χ4v) is 3.11. The van der Waals surface area contributed by atoms with Crippen LogP contribution in [0.1, 0.15) is 23.9 Å². The van der Waals surface area contributed by atoms with Crippen LogP contribution in [0, 0.1) is 0 Å². The van der Waals surface area contributed by atoms with E-state index in [9.17, 15) is 5.11 Å². The first-order valence-corrected chi connectivity index (χ1v) is 7.97. The summed E-state index contributed by atoms with van der Waals surface area (Å²) in [5.74, 6) is 1.03. The van der Waals surface area contributed by atoms with Gasteiger partial charge in [0.15, 0.2) is 0 Å². The minimum absolute atomic E-state index is 0.173. The highest BCUT2D eigenvalue weighted by Gasteiger charge is 2.19. The Kier molecular flexibility index (Phi) is 4.74. The lowest BCUT2D eigenvalue weighted by molar-refractivity contribution is 0.176. The maximum absolute atomic E-state index is 9.43. The van der Waals surface area contributed by atoms with Gasteiger partial charge in [-0.05, 0) is 31.2 Å². The Hall–Kier alpha value is -2.17. The molecule has 4 heteroatoms. The molecular formula is C19H23N3O. The molecule has 0 unspecified atom stereocenters. The molecule has 0 saturated carbocycles. The third-order valence-electron chi connectivity index (χ3n) is 4.39. The number of aliphatic hydroxyl groups is 1. The maximum atomic E-state index is 9.43. The molecule has 0 amide bonds. The Morgan fingerprint density at radius 1 is 1.09 bits per heavy atom. The average Bonchev–Trinajstić information content (AvgIpc) is 2.89. The third-order valence-corrected chi connectivity index (χ3v) is 4.39. The summed E-state index contributed by atoms with van der Waals surface area (Å²) in [5.41, 5.74) is 3.40. The molecule has 2 aromatic carbocycles. The highest BCUT2D eigenvalue weighted by molar-refractivity contribution is 5.75. The number of fused-ring (bicyclic) bond motifs is 1. The van der Waals surface area contributed by atoms with Gasteiger partial charge in [0.25, 0.3) is 0 Å². The molecule has 0 spiro atoms. The number of aromatic nitrogens is 2. The van der Waals surface area contributed by atoms with Crippen LogP contribution >= 0.6 is 0 Å². The summed E-state index contributed by atoms with van der Waals surface area (Å²) in [4.78, 5) is 7.00. The Bertz CT molecular complexity index is 767. The molecule has 0 bridgehead atoms. The molecule has 0 saturated heterocycles. The van der Waals surface area contributed by atoms with Crippen LogP contribution in [0.5, 0.6) is 0 Å². The van der Waals surface area contributed by atoms with Gasteiger partial charge >= 0.3 is 0 Å². The van der Waals surface area contributed by atoms with E-state index in [1.54, 1.807) is 0 Å². The summed E-state index contributed by atoms with van der Waals surface area (Å²) in [6, 6.07) is 18.7. The average molecular weight is 309 g/mol. The van der Waals surface area contributed by atoms with Crippen LogP contribution in [-0.2, 0) is 13.6 Å². The van der Waals surface area contributed by atoms with E-state index in [0.29, 0.717) is 6.42 Å². The van der Waals surface area contributed by atoms with Crippen molar-refractivity contribution in [3.8, 4) is 0 Å². The van der Waals surface area contributed by atoms with Crippen LogP contribution in [0.25, 0.3) is 11.0 Å². The summed E-state index contributed by atoms with van der Waals surface area (Å²) in [7, 11) is 4.15. The Morgan fingerprint density at radius 2 is 1.78 bits per heavy atom. The van der Waals surface area contributed by atoms with Crippen molar-refractivity contribution in [1.29, 1.82) is 0 Å². The molecule has 1 atom stereocenters. The first-order chi connectivity index (χ1) is 11.2. The smallest absolute Gasteiger partial charge is 0.123 e. The van der Waals surface area contributed by atoms with Gasteiger partial charge < -0.3 is 9.67 Å². The second-order valence-electron chi connectivity index (χ2n) is 5.93. The first-order valence-electron chi connectivity index (χ1n) is 7.97. The molecule has 1 heterocycles. The highest BCUT2D eigenvalue weighted by atomic mass is 16.3. The Labute approximate surface area is 137 Å². The maximum Gasteiger partial charge on any atom is 0.123 e. The fraction of sp³-hybridized carbons (Fsp3) is 0.316. The largest absolute Gasteiger partial charge is 0.396 e. The van der Waals surface area contributed by atoms with Crippen LogP contribution < -0.4 is 0 Å². The molecule has 0 aliphatic rings. The number of benzene rings is 2. The summed E-state index contributed by atoms with van der Waals surface area (Å²) in [5, 5.41) is 9.43. The number of para-hydroxylation sites is 2. The van der Waals surface area contributed by atoms with E-state index in [-0.39, 0.29) is 12.6 Å². The summed E-state index contributed by atoms with van der Waals surface area (Å²) in [6.07, 6.45) is 0.713. The van der Waals surface area contributed by atoms with Crippen molar-refractivity contribution in [3.05, 3.63) is 66.0 Å². The van der Waals surface area contributed by atoms with Crippen molar-refractivity contribution in [3.63, 3.8) is 0 Å². The zero-order valence-electron chi connectivity index (χ0n) is 13.7. The van der Waals surface area contributed by atoms with E-state index in [1.165, 1.54) is 5.56 Å². The predicted octanol–water partition coefficient (Wildman–Crippen LogP) is 3.13. The van der Waals surface area contributed by atoms with E-state index in [1.807, 2.05) is 36.4 Å². The van der Waals surface area contributed by atoms with Crippen molar-refractivity contribution >= 4 is 11.0 Å². The van der Waals surface area contributed by atoms with E-state index < -0.39 is 0 Å². The van der Waals surface area contributed by atoms with Crippen molar-refractivity contribution in [2.45, 2.75) is 19.0 Å². The molecule has 0 aliphatic carbocycles. The number of hydrogen-bond donors (Lipinski definition) is 1. The van der Waals surface area contributed by atoms with Crippen molar-refractivity contribution in [2.24, 2.45) is 7.05 Å². The van der Waals surface area contributed by atoms with Crippen LogP contribution in [0.2, 0.25) is 0 Å². The van der Waals surface area contributed by atoms with Gasteiger partial charge in [0, 0.05) is 19.7 Å². The van der Waals surface area contributed by atoms with Gasteiger partial charge in [0.1, 0.15) is 5.82 Å². The van der Waals surface area contributed by atoms with E-state index in [4.69, 9.17) is 4.98 Å². The number of nitrogens with zero attached hydrogens (tertiary/aromatic N) is 3. The lowest BCUT2D eigenvalue weighted by Gasteiger charge is -2.27. The summed E-state index contributed by atoms with van der Waals surface area (Å²) in [6.45, 7) is 0.914. The minimum atomic E-state index is 0.173. The zero-order chi connectivity index (χ0) is 16.2. The Balaban J connectivity index is 1.85. The monoisotopic (exact) mass is 309 g/mol. The van der Waals surface area contributed by atoms with Gasteiger partial charge in [-0.2, -0.15) is 0 Å². The number of imidazole rings is 1. The molecular weight excluding hydrogens is 286 g/mol. The van der Waals surface area contributed by atoms with E-state index >= 15 is 0 Å². The van der Waals surface area contributed by atoms with E-state index in [2.05, 4.69) is 41.8 Å². The molecule has 0 fully saturated rings. The first kappa shape index (κ1) is 15.7. The van der Waals surface area contributed by atoms with Gasteiger partial charge in [-0.1, -0.05) is 42.5 Å². The van der Waals surface area contributed by atoms with Gasteiger partial charge in [0.2, 0.25) is 0 Å². The van der Waals surface area contributed by atoms with Crippen LogP contribution in [-0.4, -0.2) is 33.2 Å². The number of hydrogen-bond acceptors (Lipinski definition) is 3. The molecule has 3 aromatic rings. The standard InChI is InChI=1S/C19H23N3O/c1-21(17(12-13-23)15-8-4-3-5-9-15)14-19-20-16-10-6-7-11-18(16)22(19)2/h3-11,17,23H,12-14H2,1-2H3/t17-/m0/s1. The third kappa shape index (κ3) is 3.28. The molecule has 4 nitrogen and oxygen atoms in total. The molecule has 3 rings (SSSR count). The van der Waals surface area contributed by atoms with Crippen LogP contribution in [0.3, 0.4) is 0 Å². The highest BCUT2D eigenvalue weighted by Crippen LogP contribution is 2.25. The van der Waals surface area contributed by atoms with Crippen LogP contribution in [0.4, 0.5) is 0 Å².